The predicted molar refractivity (Wildman–Crippen MR) is 73.7 cm³/mol. The second kappa shape index (κ2) is 7.10. The van der Waals surface area contributed by atoms with Gasteiger partial charge in [-0.1, -0.05) is 19.3 Å². The molecule has 0 bridgehead atoms. The van der Waals surface area contributed by atoms with Crippen LogP contribution in [0.2, 0.25) is 0 Å². The molecule has 0 radical (unpaired) electrons. The van der Waals surface area contributed by atoms with E-state index in [-0.39, 0.29) is 0 Å². The first-order valence-electron chi connectivity index (χ1n) is 7.01. The highest BCUT2D eigenvalue weighted by molar-refractivity contribution is 6.18. The summed E-state index contributed by atoms with van der Waals surface area (Å²) in [6.45, 7) is 4.81. The van der Waals surface area contributed by atoms with Crippen LogP contribution in [-0.4, -0.2) is 38.1 Å². The molecule has 1 aliphatic carbocycles. The standard InChI is InChI=1S/C13H23ClN4/c1-2-18-13(15-11-16-18)10-17(9-8-14)12-6-4-3-5-7-12/h11-12H,2-10H2,1H3. The van der Waals surface area contributed by atoms with Gasteiger partial charge in [0, 0.05) is 25.0 Å². The van der Waals surface area contributed by atoms with Crippen LogP contribution in [0.15, 0.2) is 6.33 Å². The van der Waals surface area contributed by atoms with Crippen LogP contribution >= 0.6 is 11.6 Å². The number of hydrogen-bond donors (Lipinski definition) is 0. The average molecular weight is 271 g/mol. The van der Waals surface area contributed by atoms with E-state index in [9.17, 15) is 0 Å². The summed E-state index contributed by atoms with van der Waals surface area (Å²) in [5.74, 6) is 1.75. The van der Waals surface area contributed by atoms with E-state index in [1.807, 2.05) is 4.68 Å². The molecular formula is C13H23ClN4. The molecule has 18 heavy (non-hydrogen) atoms. The Labute approximate surface area is 114 Å². The van der Waals surface area contributed by atoms with Crippen molar-refractivity contribution < 1.29 is 0 Å². The molecule has 1 heterocycles. The SMILES string of the molecule is CCn1ncnc1CN(CCCl)C1CCCCC1. The smallest absolute Gasteiger partial charge is 0.141 e. The average Bonchev–Trinajstić information content (AvgIpc) is 2.86. The third-order valence-corrected chi connectivity index (χ3v) is 3.97. The van der Waals surface area contributed by atoms with E-state index in [2.05, 4.69) is 21.9 Å². The van der Waals surface area contributed by atoms with Crippen LogP contribution in [0.1, 0.15) is 44.9 Å². The summed E-state index contributed by atoms with van der Waals surface area (Å²) in [7, 11) is 0. The Morgan fingerprint density at radius 1 is 1.39 bits per heavy atom. The van der Waals surface area contributed by atoms with Gasteiger partial charge >= 0.3 is 0 Å². The lowest BCUT2D eigenvalue weighted by atomic mass is 9.94. The number of aryl methyl sites for hydroxylation is 1. The highest BCUT2D eigenvalue weighted by Gasteiger charge is 2.22. The second-order valence-electron chi connectivity index (χ2n) is 4.94. The molecule has 1 fully saturated rings. The van der Waals surface area contributed by atoms with E-state index >= 15 is 0 Å². The largest absolute Gasteiger partial charge is 0.292 e. The first-order valence-corrected chi connectivity index (χ1v) is 7.55. The molecule has 4 nitrogen and oxygen atoms in total. The Balaban J connectivity index is 2.00. The van der Waals surface area contributed by atoms with Crippen LogP contribution in [0, 0.1) is 0 Å². The van der Waals surface area contributed by atoms with Crippen LogP contribution in [0.25, 0.3) is 0 Å². The van der Waals surface area contributed by atoms with Crippen molar-refractivity contribution in [1.29, 1.82) is 0 Å². The van der Waals surface area contributed by atoms with Gasteiger partial charge in [-0.25, -0.2) is 9.67 Å². The minimum absolute atomic E-state index is 0.680. The molecule has 1 aromatic heterocycles. The third-order valence-electron chi connectivity index (χ3n) is 3.80. The van der Waals surface area contributed by atoms with Crippen molar-refractivity contribution in [1.82, 2.24) is 19.7 Å². The maximum absolute atomic E-state index is 5.94. The number of nitrogens with zero attached hydrogens (tertiary/aromatic N) is 4. The van der Waals surface area contributed by atoms with E-state index < -0.39 is 0 Å². The maximum atomic E-state index is 5.94. The Bertz CT molecular complexity index is 347. The lowest BCUT2D eigenvalue weighted by Gasteiger charge is -2.33. The van der Waals surface area contributed by atoms with Gasteiger partial charge in [0.15, 0.2) is 0 Å². The first kappa shape index (κ1) is 13.8. The van der Waals surface area contributed by atoms with Crippen molar-refractivity contribution >= 4 is 11.6 Å². The molecule has 0 unspecified atom stereocenters. The topological polar surface area (TPSA) is 34.0 Å². The van der Waals surface area contributed by atoms with Crippen molar-refractivity contribution in [2.75, 3.05) is 12.4 Å². The molecule has 2 rings (SSSR count). The summed E-state index contributed by atoms with van der Waals surface area (Å²) >= 11 is 5.94. The van der Waals surface area contributed by atoms with Gasteiger partial charge in [-0.05, 0) is 19.8 Å². The molecule has 0 aliphatic heterocycles. The third kappa shape index (κ3) is 3.45. The zero-order valence-electron chi connectivity index (χ0n) is 11.2. The Hall–Kier alpha value is -0.610. The second-order valence-corrected chi connectivity index (χ2v) is 5.32. The van der Waals surface area contributed by atoms with Gasteiger partial charge in [0.25, 0.3) is 0 Å². The summed E-state index contributed by atoms with van der Waals surface area (Å²) in [5, 5.41) is 4.24. The Morgan fingerprint density at radius 3 is 2.83 bits per heavy atom. The van der Waals surface area contributed by atoms with Gasteiger partial charge in [0.05, 0.1) is 6.54 Å². The molecule has 1 saturated carbocycles. The molecule has 102 valence electrons. The number of halogens is 1. The number of rotatable bonds is 6. The van der Waals surface area contributed by atoms with Gasteiger partial charge < -0.3 is 0 Å². The Kier molecular flexibility index (Phi) is 5.45. The van der Waals surface area contributed by atoms with Crippen molar-refractivity contribution in [3.8, 4) is 0 Å². The van der Waals surface area contributed by atoms with Crippen molar-refractivity contribution in [3.63, 3.8) is 0 Å². The van der Waals surface area contributed by atoms with Gasteiger partial charge in [-0.2, -0.15) is 5.10 Å². The summed E-state index contributed by atoms with van der Waals surface area (Å²) < 4.78 is 1.98. The van der Waals surface area contributed by atoms with E-state index in [1.54, 1.807) is 6.33 Å². The summed E-state index contributed by atoms with van der Waals surface area (Å²) in [5.41, 5.74) is 0. The summed E-state index contributed by atoms with van der Waals surface area (Å²) in [6, 6.07) is 0.680. The van der Waals surface area contributed by atoms with Crippen molar-refractivity contribution in [2.24, 2.45) is 0 Å². The quantitative estimate of drug-likeness (QED) is 0.746. The molecule has 0 atom stereocenters. The summed E-state index contributed by atoms with van der Waals surface area (Å²) in [4.78, 5) is 6.86. The van der Waals surface area contributed by atoms with E-state index in [1.165, 1.54) is 32.1 Å². The number of hydrogen-bond acceptors (Lipinski definition) is 3. The fraction of sp³-hybridized carbons (Fsp3) is 0.846. The molecule has 1 aromatic rings. The zero-order valence-corrected chi connectivity index (χ0v) is 11.9. The lowest BCUT2D eigenvalue weighted by molar-refractivity contribution is 0.151. The van der Waals surface area contributed by atoms with E-state index in [4.69, 9.17) is 11.6 Å². The maximum Gasteiger partial charge on any atom is 0.141 e. The minimum atomic E-state index is 0.680. The van der Waals surface area contributed by atoms with E-state index in [0.29, 0.717) is 11.9 Å². The van der Waals surface area contributed by atoms with Crippen LogP contribution in [0.3, 0.4) is 0 Å². The molecule has 0 amide bonds. The number of aromatic nitrogens is 3. The Morgan fingerprint density at radius 2 is 2.17 bits per heavy atom. The van der Waals surface area contributed by atoms with Gasteiger partial charge in [0.1, 0.15) is 12.2 Å². The summed E-state index contributed by atoms with van der Waals surface area (Å²) in [6.07, 6.45) is 8.34. The van der Waals surface area contributed by atoms with Crippen LogP contribution in [0.4, 0.5) is 0 Å². The van der Waals surface area contributed by atoms with Gasteiger partial charge in [-0.15, -0.1) is 11.6 Å². The fourth-order valence-electron chi connectivity index (χ4n) is 2.80. The molecule has 0 N–H and O–H groups in total. The van der Waals surface area contributed by atoms with E-state index in [0.717, 1.165) is 25.5 Å². The molecule has 0 aromatic carbocycles. The fourth-order valence-corrected chi connectivity index (χ4v) is 3.02. The highest BCUT2D eigenvalue weighted by atomic mass is 35.5. The predicted octanol–water partition coefficient (Wildman–Crippen LogP) is 2.67. The molecular weight excluding hydrogens is 248 g/mol. The molecule has 1 aliphatic rings. The normalized spacial score (nSPS) is 17.5. The zero-order chi connectivity index (χ0) is 12.8. The van der Waals surface area contributed by atoms with Crippen LogP contribution in [0.5, 0.6) is 0 Å². The molecule has 0 saturated heterocycles. The van der Waals surface area contributed by atoms with Gasteiger partial charge in [0.2, 0.25) is 0 Å². The van der Waals surface area contributed by atoms with Crippen LogP contribution < -0.4 is 0 Å². The van der Waals surface area contributed by atoms with Crippen molar-refractivity contribution in [3.05, 3.63) is 12.2 Å². The van der Waals surface area contributed by atoms with Crippen molar-refractivity contribution in [2.45, 2.75) is 58.2 Å². The molecule has 0 spiro atoms. The number of alkyl halides is 1. The first-order chi connectivity index (χ1) is 8.85. The molecule has 5 heteroatoms. The minimum Gasteiger partial charge on any atom is -0.292 e. The van der Waals surface area contributed by atoms with Crippen LogP contribution in [-0.2, 0) is 13.1 Å². The monoisotopic (exact) mass is 270 g/mol. The lowest BCUT2D eigenvalue weighted by Crippen LogP contribution is -2.38. The highest BCUT2D eigenvalue weighted by Crippen LogP contribution is 2.23. The van der Waals surface area contributed by atoms with Gasteiger partial charge in [-0.3, -0.25) is 4.90 Å².